The topological polar surface area (TPSA) is 45.5 Å². The second kappa shape index (κ2) is 5.66. The van der Waals surface area contributed by atoms with Gasteiger partial charge in [0.2, 0.25) is 0 Å². The average molecular weight is 307 g/mol. The molecule has 0 aliphatic carbocycles. The molecule has 5 nitrogen and oxygen atoms in total. The molecule has 1 atom stereocenters. The first-order valence-electron chi connectivity index (χ1n) is 8.03. The van der Waals surface area contributed by atoms with E-state index in [0.717, 1.165) is 36.7 Å². The third-order valence-corrected chi connectivity index (χ3v) is 4.62. The van der Waals surface area contributed by atoms with Crippen LogP contribution in [0, 0.1) is 6.92 Å². The van der Waals surface area contributed by atoms with Crippen LogP contribution in [0.2, 0.25) is 0 Å². The van der Waals surface area contributed by atoms with Crippen molar-refractivity contribution in [2.24, 2.45) is 0 Å². The van der Waals surface area contributed by atoms with Crippen LogP contribution in [-0.4, -0.2) is 39.1 Å². The summed E-state index contributed by atoms with van der Waals surface area (Å²) in [6, 6.07) is 13.2. The molecule has 2 aromatic heterocycles. The average Bonchev–Trinajstić information content (AvgIpc) is 3.00. The Morgan fingerprint density at radius 1 is 1.22 bits per heavy atom. The first-order chi connectivity index (χ1) is 11.2. The first-order valence-corrected chi connectivity index (χ1v) is 8.03. The number of aromatic nitrogens is 3. The van der Waals surface area contributed by atoms with E-state index < -0.39 is 0 Å². The molecule has 0 saturated heterocycles. The van der Waals surface area contributed by atoms with Crippen LogP contribution in [0.3, 0.4) is 0 Å². The van der Waals surface area contributed by atoms with Gasteiger partial charge in [0.25, 0.3) is 0 Å². The molecular weight excluding hydrogens is 286 g/mol. The number of aryl methyl sites for hydroxylation is 1. The molecule has 1 aliphatic heterocycles. The predicted molar refractivity (Wildman–Crippen MR) is 91.6 cm³/mol. The number of anilines is 1. The van der Waals surface area contributed by atoms with E-state index in [9.17, 15) is 0 Å². The normalized spacial score (nSPS) is 18.1. The minimum absolute atomic E-state index is 0.476. The van der Waals surface area contributed by atoms with Gasteiger partial charge in [0, 0.05) is 37.0 Å². The summed E-state index contributed by atoms with van der Waals surface area (Å²) < 4.78 is 1.86. The van der Waals surface area contributed by atoms with Gasteiger partial charge < -0.3 is 5.32 Å². The van der Waals surface area contributed by atoms with Crippen molar-refractivity contribution >= 4 is 11.5 Å². The fraction of sp³-hybridized carbons (Fsp3) is 0.333. The zero-order valence-corrected chi connectivity index (χ0v) is 13.5. The molecule has 0 radical (unpaired) electrons. The lowest BCUT2D eigenvalue weighted by atomic mass is 9.94. The van der Waals surface area contributed by atoms with E-state index in [1.54, 1.807) is 6.20 Å². The second-order valence-corrected chi connectivity index (χ2v) is 6.31. The van der Waals surface area contributed by atoms with E-state index in [1.807, 2.05) is 17.5 Å². The molecular formula is C18H21N5. The smallest absolute Gasteiger partial charge is 0.157 e. The molecule has 0 amide bonds. The van der Waals surface area contributed by atoms with Gasteiger partial charge in [-0.05, 0) is 31.5 Å². The van der Waals surface area contributed by atoms with Crippen LogP contribution in [-0.2, 0) is 13.0 Å². The number of hydrogen-bond acceptors (Lipinski definition) is 4. The molecule has 4 rings (SSSR count). The summed E-state index contributed by atoms with van der Waals surface area (Å²) in [6.45, 7) is 3.92. The second-order valence-electron chi connectivity index (χ2n) is 6.31. The summed E-state index contributed by atoms with van der Waals surface area (Å²) in [4.78, 5) is 6.91. The van der Waals surface area contributed by atoms with Crippen molar-refractivity contribution in [3.05, 3.63) is 59.4 Å². The zero-order chi connectivity index (χ0) is 15.8. The first kappa shape index (κ1) is 14.2. The standard InChI is InChI=1S/C18H21N5/c1-13-9-18(23-17(21-13)7-8-20-23)19-11-16-10-14-5-3-4-6-15(14)12-22(16)2/h3-9,16,19H,10-12H2,1-2H3/t16-/m1/s1. The summed E-state index contributed by atoms with van der Waals surface area (Å²) in [6.07, 6.45) is 2.86. The van der Waals surface area contributed by atoms with Crippen molar-refractivity contribution in [2.75, 3.05) is 18.9 Å². The van der Waals surface area contributed by atoms with E-state index in [1.165, 1.54) is 11.1 Å². The molecule has 0 spiro atoms. The number of benzene rings is 1. The van der Waals surface area contributed by atoms with E-state index >= 15 is 0 Å². The highest BCUT2D eigenvalue weighted by atomic mass is 15.3. The van der Waals surface area contributed by atoms with E-state index in [2.05, 4.69) is 57.7 Å². The van der Waals surface area contributed by atoms with Crippen LogP contribution in [0.5, 0.6) is 0 Å². The van der Waals surface area contributed by atoms with Gasteiger partial charge in [-0.1, -0.05) is 24.3 Å². The van der Waals surface area contributed by atoms with Crippen molar-refractivity contribution in [3.63, 3.8) is 0 Å². The maximum Gasteiger partial charge on any atom is 0.157 e. The third-order valence-electron chi connectivity index (χ3n) is 4.62. The van der Waals surface area contributed by atoms with Crippen LogP contribution in [0.25, 0.3) is 5.65 Å². The maximum absolute atomic E-state index is 4.49. The van der Waals surface area contributed by atoms with Crippen LogP contribution >= 0.6 is 0 Å². The Morgan fingerprint density at radius 3 is 2.91 bits per heavy atom. The van der Waals surface area contributed by atoms with Crippen LogP contribution in [0.4, 0.5) is 5.82 Å². The van der Waals surface area contributed by atoms with E-state index in [0.29, 0.717) is 6.04 Å². The Kier molecular flexibility index (Phi) is 3.50. The molecule has 5 heteroatoms. The molecule has 0 bridgehead atoms. The monoisotopic (exact) mass is 307 g/mol. The van der Waals surface area contributed by atoms with E-state index in [-0.39, 0.29) is 0 Å². The highest BCUT2D eigenvalue weighted by Gasteiger charge is 2.23. The number of nitrogens with zero attached hydrogens (tertiary/aromatic N) is 4. The molecule has 0 fully saturated rings. The van der Waals surface area contributed by atoms with Crippen LogP contribution in [0.1, 0.15) is 16.8 Å². The fourth-order valence-electron chi connectivity index (χ4n) is 3.33. The maximum atomic E-state index is 4.49. The Bertz CT molecular complexity index is 838. The minimum atomic E-state index is 0.476. The Balaban J connectivity index is 1.53. The Labute approximate surface area is 136 Å². The van der Waals surface area contributed by atoms with Gasteiger partial charge in [0.15, 0.2) is 5.65 Å². The lowest BCUT2D eigenvalue weighted by Crippen LogP contribution is -2.42. The fourth-order valence-corrected chi connectivity index (χ4v) is 3.33. The summed E-state index contributed by atoms with van der Waals surface area (Å²) in [5, 5.41) is 7.92. The molecule has 23 heavy (non-hydrogen) atoms. The number of hydrogen-bond donors (Lipinski definition) is 1. The summed E-state index contributed by atoms with van der Waals surface area (Å²) in [5.74, 6) is 1.00. The van der Waals surface area contributed by atoms with Gasteiger partial charge in [-0.15, -0.1) is 0 Å². The highest BCUT2D eigenvalue weighted by molar-refractivity contribution is 5.49. The number of nitrogens with one attached hydrogen (secondary N) is 1. The van der Waals surface area contributed by atoms with E-state index in [4.69, 9.17) is 0 Å². The number of likely N-dealkylation sites (N-methyl/N-ethyl adjacent to an activating group) is 1. The van der Waals surface area contributed by atoms with Crippen molar-refractivity contribution in [1.29, 1.82) is 0 Å². The van der Waals surface area contributed by atoms with Gasteiger partial charge in [0.1, 0.15) is 5.82 Å². The van der Waals surface area contributed by atoms with Gasteiger partial charge >= 0.3 is 0 Å². The van der Waals surface area contributed by atoms with Crippen molar-refractivity contribution in [2.45, 2.75) is 25.9 Å². The Hall–Kier alpha value is -2.40. The van der Waals surface area contributed by atoms with Gasteiger partial charge in [-0.3, -0.25) is 4.90 Å². The SMILES string of the molecule is Cc1cc(NC[C@H]2Cc3ccccc3CN2C)n2nccc2n1. The largest absolute Gasteiger partial charge is 0.368 e. The summed E-state index contributed by atoms with van der Waals surface area (Å²) in [5.41, 5.74) is 4.80. The molecule has 1 aliphatic rings. The molecule has 3 heterocycles. The lowest BCUT2D eigenvalue weighted by Gasteiger charge is -2.34. The molecule has 1 aromatic carbocycles. The van der Waals surface area contributed by atoms with Crippen molar-refractivity contribution in [1.82, 2.24) is 19.5 Å². The van der Waals surface area contributed by atoms with Crippen molar-refractivity contribution < 1.29 is 0 Å². The minimum Gasteiger partial charge on any atom is -0.368 e. The van der Waals surface area contributed by atoms with Gasteiger partial charge in [0.05, 0.1) is 6.20 Å². The van der Waals surface area contributed by atoms with Crippen molar-refractivity contribution in [3.8, 4) is 0 Å². The molecule has 1 N–H and O–H groups in total. The molecule has 118 valence electrons. The third kappa shape index (κ3) is 2.68. The number of rotatable bonds is 3. The highest BCUT2D eigenvalue weighted by Crippen LogP contribution is 2.22. The Morgan fingerprint density at radius 2 is 2.04 bits per heavy atom. The van der Waals surface area contributed by atoms with Gasteiger partial charge in [-0.2, -0.15) is 9.61 Å². The predicted octanol–water partition coefficient (Wildman–Crippen LogP) is 2.51. The van der Waals surface area contributed by atoms with Crippen LogP contribution < -0.4 is 5.32 Å². The molecule has 3 aromatic rings. The summed E-state index contributed by atoms with van der Waals surface area (Å²) in [7, 11) is 2.20. The van der Waals surface area contributed by atoms with Gasteiger partial charge in [-0.25, -0.2) is 4.98 Å². The number of fused-ring (bicyclic) bond motifs is 2. The zero-order valence-electron chi connectivity index (χ0n) is 13.5. The lowest BCUT2D eigenvalue weighted by molar-refractivity contribution is 0.224. The quantitative estimate of drug-likeness (QED) is 0.807. The summed E-state index contributed by atoms with van der Waals surface area (Å²) >= 11 is 0. The molecule has 0 unspecified atom stereocenters. The van der Waals surface area contributed by atoms with Crippen LogP contribution in [0.15, 0.2) is 42.6 Å². The molecule has 0 saturated carbocycles.